The first-order chi connectivity index (χ1) is 6.72. The Kier molecular flexibility index (Phi) is 3.02. The van der Waals surface area contributed by atoms with E-state index in [4.69, 9.17) is 0 Å². The molecule has 0 N–H and O–H groups in total. The minimum absolute atomic E-state index is 0.187. The summed E-state index contributed by atoms with van der Waals surface area (Å²) in [6.07, 6.45) is 2.55. The molecular formula is C10H18N2OS. The molecular weight excluding hydrogens is 196 g/mol. The van der Waals surface area contributed by atoms with Crippen LogP contribution in [-0.4, -0.2) is 53.2 Å². The molecule has 0 aromatic rings. The number of fused-ring (bicyclic) bond motifs is 1. The van der Waals surface area contributed by atoms with Crippen molar-refractivity contribution in [2.24, 2.45) is 0 Å². The maximum atomic E-state index is 11.6. The van der Waals surface area contributed by atoms with Gasteiger partial charge in [-0.1, -0.05) is 0 Å². The fourth-order valence-corrected chi connectivity index (χ4v) is 2.81. The predicted octanol–water partition coefficient (Wildman–Crippen LogP) is 0.611. The molecule has 1 amide bonds. The van der Waals surface area contributed by atoms with Gasteiger partial charge in [-0.25, -0.2) is 0 Å². The molecule has 2 heterocycles. The van der Waals surface area contributed by atoms with Gasteiger partial charge in [-0.3, -0.25) is 9.69 Å². The standard InChI is InChI=1S/C10H18N2OS/c1-8-5-11-4-2-3-9(11)6-12(8)10(13)7-14/h8-9,14H,2-7H2,1H3. The van der Waals surface area contributed by atoms with Crippen molar-refractivity contribution in [3.8, 4) is 0 Å². The first-order valence-electron chi connectivity index (χ1n) is 5.36. The molecule has 2 fully saturated rings. The van der Waals surface area contributed by atoms with Crippen LogP contribution < -0.4 is 0 Å². The van der Waals surface area contributed by atoms with Crippen molar-refractivity contribution in [3.63, 3.8) is 0 Å². The number of carbonyl (C=O) groups excluding carboxylic acids is 1. The molecule has 4 heteroatoms. The number of thiol groups is 1. The Labute approximate surface area is 90.8 Å². The van der Waals surface area contributed by atoms with E-state index in [1.165, 1.54) is 19.4 Å². The van der Waals surface area contributed by atoms with Crippen molar-refractivity contribution in [1.29, 1.82) is 0 Å². The smallest absolute Gasteiger partial charge is 0.232 e. The topological polar surface area (TPSA) is 23.6 Å². The molecule has 2 rings (SSSR count). The molecule has 2 aliphatic heterocycles. The number of amides is 1. The lowest BCUT2D eigenvalue weighted by molar-refractivity contribution is -0.133. The van der Waals surface area contributed by atoms with Crippen LogP contribution in [-0.2, 0) is 4.79 Å². The van der Waals surface area contributed by atoms with Gasteiger partial charge in [-0.05, 0) is 26.3 Å². The lowest BCUT2D eigenvalue weighted by Crippen LogP contribution is -2.57. The van der Waals surface area contributed by atoms with Crippen LogP contribution in [0, 0.1) is 0 Å². The summed E-state index contributed by atoms with van der Waals surface area (Å²) in [4.78, 5) is 16.1. The van der Waals surface area contributed by atoms with Gasteiger partial charge in [0.25, 0.3) is 0 Å². The van der Waals surface area contributed by atoms with Gasteiger partial charge >= 0.3 is 0 Å². The number of hydrogen-bond donors (Lipinski definition) is 1. The van der Waals surface area contributed by atoms with Gasteiger partial charge < -0.3 is 4.90 Å². The van der Waals surface area contributed by atoms with E-state index in [1.54, 1.807) is 0 Å². The Hall–Kier alpha value is -0.220. The fraction of sp³-hybridized carbons (Fsp3) is 0.900. The van der Waals surface area contributed by atoms with E-state index < -0.39 is 0 Å². The number of nitrogens with zero attached hydrogens (tertiary/aromatic N) is 2. The highest BCUT2D eigenvalue weighted by atomic mass is 32.1. The van der Waals surface area contributed by atoms with Gasteiger partial charge in [-0.2, -0.15) is 12.6 Å². The Bertz CT molecular complexity index is 234. The zero-order valence-corrected chi connectivity index (χ0v) is 9.54. The van der Waals surface area contributed by atoms with Gasteiger partial charge in [0.05, 0.1) is 5.75 Å². The Balaban J connectivity index is 2.02. The van der Waals surface area contributed by atoms with Crippen molar-refractivity contribution in [1.82, 2.24) is 9.80 Å². The number of rotatable bonds is 1. The normalized spacial score (nSPS) is 33.1. The third kappa shape index (κ3) is 1.77. The van der Waals surface area contributed by atoms with E-state index in [0.717, 1.165) is 13.1 Å². The van der Waals surface area contributed by atoms with Gasteiger partial charge in [-0.15, -0.1) is 0 Å². The summed E-state index contributed by atoms with van der Waals surface area (Å²) in [5.74, 6) is 0.532. The summed E-state index contributed by atoms with van der Waals surface area (Å²) < 4.78 is 0. The molecule has 2 aliphatic rings. The first-order valence-corrected chi connectivity index (χ1v) is 6.00. The van der Waals surface area contributed by atoms with Crippen LogP contribution in [0.3, 0.4) is 0 Å². The maximum absolute atomic E-state index is 11.6. The quantitative estimate of drug-likeness (QED) is 0.647. The highest BCUT2D eigenvalue weighted by Crippen LogP contribution is 2.24. The largest absolute Gasteiger partial charge is 0.336 e. The minimum Gasteiger partial charge on any atom is -0.336 e. The Morgan fingerprint density at radius 3 is 3.00 bits per heavy atom. The van der Waals surface area contributed by atoms with Crippen LogP contribution in [0.25, 0.3) is 0 Å². The third-order valence-electron chi connectivity index (χ3n) is 3.39. The summed E-state index contributed by atoms with van der Waals surface area (Å²) in [5, 5.41) is 0. The number of carbonyl (C=O) groups is 1. The van der Waals surface area contributed by atoms with Gasteiger partial charge in [0.2, 0.25) is 5.91 Å². The van der Waals surface area contributed by atoms with Crippen molar-refractivity contribution in [2.75, 3.05) is 25.4 Å². The molecule has 2 atom stereocenters. The van der Waals surface area contributed by atoms with Crippen LogP contribution in [0.2, 0.25) is 0 Å². The van der Waals surface area contributed by atoms with E-state index in [-0.39, 0.29) is 5.91 Å². The van der Waals surface area contributed by atoms with E-state index in [2.05, 4.69) is 24.5 Å². The molecule has 80 valence electrons. The van der Waals surface area contributed by atoms with Crippen molar-refractivity contribution in [2.45, 2.75) is 31.8 Å². The number of hydrogen-bond acceptors (Lipinski definition) is 3. The van der Waals surface area contributed by atoms with E-state index >= 15 is 0 Å². The molecule has 0 aromatic carbocycles. The van der Waals surface area contributed by atoms with E-state index in [1.807, 2.05) is 4.90 Å². The van der Waals surface area contributed by atoms with Crippen molar-refractivity contribution in [3.05, 3.63) is 0 Å². The molecule has 2 unspecified atom stereocenters. The summed E-state index contributed by atoms with van der Waals surface area (Å²) in [6, 6.07) is 0.985. The predicted molar refractivity (Wildman–Crippen MR) is 59.6 cm³/mol. The summed E-state index contributed by atoms with van der Waals surface area (Å²) in [7, 11) is 0. The Morgan fingerprint density at radius 2 is 2.29 bits per heavy atom. The molecule has 0 radical (unpaired) electrons. The summed E-state index contributed by atoms with van der Waals surface area (Å²) >= 11 is 4.06. The second-order valence-corrected chi connectivity index (χ2v) is 4.66. The first kappa shape index (κ1) is 10.3. The van der Waals surface area contributed by atoms with Gasteiger partial charge in [0.1, 0.15) is 0 Å². The minimum atomic E-state index is 0.187. The molecule has 3 nitrogen and oxygen atoms in total. The van der Waals surface area contributed by atoms with Crippen LogP contribution in [0.15, 0.2) is 0 Å². The van der Waals surface area contributed by atoms with Crippen LogP contribution in [0.5, 0.6) is 0 Å². The van der Waals surface area contributed by atoms with E-state index in [0.29, 0.717) is 17.8 Å². The molecule has 0 aliphatic carbocycles. The molecule has 2 saturated heterocycles. The Morgan fingerprint density at radius 1 is 1.50 bits per heavy atom. The molecule has 0 spiro atoms. The van der Waals surface area contributed by atoms with Crippen LogP contribution in [0.1, 0.15) is 19.8 Å². The second kappa shape index (κ2) is 4.11. The monoisotopic (exact) mass is 214 g/mol. The second-order valence-electron chi connectivity index (χ2n) is 4.34. The number of piperazine rings is 1. The highest BCUT2D eigenvalue weighted by Gasteiger charge is 2.35. The molecule has 0 aromatic heterocycles. The van der Waals surface area contributed by atoms with E-state index in [9.17, 15) is 4.79 Å². The molecule has 14 heavy (non-hydrogen) atoms. The highest BCUT2D eigenvalue weighted by molar-refractivity contribution is 7.81. The molecule has 0 bridgehead atoms. The third-order valence-corrected chi connectivity index (χ3v) is 3.66. The lowest BCUT2D eigenvalue weighted by Gasteiger charge is -2.42. The van der Waals surface area contributed by atoms with Crippen molar-refractivity contribution >= 4 is 18.5 Å². The maximum Gasteiger partial charge on any atom is 0.232 e. The summed E-state index contributed by atoms with van der Waals surface area (Å²) in [5.41, 5.74) is 0. The van der Waals surface area contributed by atoms with Crippen LogP contribution in [0.4, 0.5) is 0 Å². The lowest BCUT2D eigenvalue weighted by atomic mass is 10.1. The average molecular weight is 214 g/mol. The van der Waals surface area contributed by atoms with Crippen LogP contribution >= 0.6 is 12.6 Å². The van der Waals surface area contributed by atoms with Gasteiger partial charge in [0.15, 0.2) is 0 Å². The molecule has 0 saturated carbocycles. The fourth-order valence-electron chi connectivity index (χ4n) is 2.63. The zero-order valence-electron chi connectivity index (χ0n) is 8.65. The zero-order chi connectivity index (χ0) is 10.1. The van der Waals surface area contributed by atoms with Crippen molar-refractivity contribution < 1.29 is 4.79 Å². The summed E-state index contributed by atoms with van der Waals surface area (Å²) in [6.45, 7) is 5.32. The SMILES string of the molecule is CC1CN2CCCC2CN1C(=O)CS. The van der Waals surface area contributed by atoms with Gasteiger partial charge in [0, 0.05) is 25.2 Å². The average Bonchev–Trinajstić information content (AvgIpc) is 2.62.